The van der Waals surface area contributed by atoms with Crippen LogP contribution in [0.2, 0.25) is 0 Å². The molecule has 136 valence electrons. The summed E-state index contributed by atoms with van der Waals surface area (Å²) in [6.07, 6.45) is 1.81. The molecule has 0 aromatic carbocycles. The minimum atomic E-state index is -1.07. The number of hydrogen-bond acceptors (Lipinski definition) is 5. The van der Waals surface area contributed by atoms with Crippen molar-refractivity contribution in [2.75, 3.05) is 6.54 Å². The average Bonchev–Trinajstić information content (AvgIpc) is 3.17. The van der Waals surface area contributed by atoms with E-state index in [9.17, 15) is 14.4 Å². The zero-order chi connectivity index (χ0) is 18.7. The summed E-state index contributed by atoms with van der Waals surface area (Å²) in [5.41, 5.74) is 0.848. The summed E-state index contributed by atoms with van der Waals surface area (Å²) in [7, 11) is 0. The summed E-state index contributed by atoms with van der Waals surface area (Å²) < 4.78 is 5.33. The number of hydrogen-bond donors (Lipinski definition) is 2. The van der Waals surface area contributed by atoms with E-state index in [-0.39, 0.29) is 30.3 Å². The Bertz CT molecular complexity index is 831. The molecular formula is C18H19N3O5. The Labute approximate surface area is 149 Å². The summed E-state index contributed by atoms with van der Waals surface area (Å²) in [6, 6.07) is 6.88. The lowest BCUT2D eigenvalue weighted by Gasteiger charge is -2.15. The number of carboxylic acid groups (broad SMARTS) is 1. The van der Waals surface area contributed by atoms with E-state index in [0.29, 0.717) is 24.6 Å². The highest BCUT2D eigenvalue weighted by Crippen LogP contribution is 2.20. The van der Waals surface area contributed by atoms with Gasteiger partial charge in [-0.25, -0.2) is 4.79 Å². The number of likely N-dealkylation sites (tertiary alicyclic amines) is 1. The molecule has 26 heavy (non-hydrogen) atoms. The van der Waals surface area contributed by atoms with Crippen molar-refractivity contribution in [3.8, 4) is 0 Å². The fourth-order valence-electron chi connectivity index (χ4n) is 2.95. The Morgan fingerprint density at radius 2 is 2.23 bits per heavy atom. The third kappa shape index (κ3) is 3.90. The van der Waals surface area contributed by atoms with Gasteiger partial charge in [0.05, 0.1) is 24.7 Å². The maximum absolute atomic E-state index is 12.3. The van der Waals surface area contributed by atoms with Gasteiger partial charge >= 0.3 is 5.97 Å². The van der Waals surface area contributed by atoms with Crippen molar-refractivity contribution >= 4 is 17.8 Å². The number of aromatic nitrogens is 1. The van der Waals surface area contributed by atoms with E-state index in [4.69, 9.17) is 9.52 Å². The molecule has 0 saturated carbocycles. The minimum absolute atomic E-state index is 0.0758. The fraction of sp³-hybridized carbons (Fsp3) is 0.333. The number of carbonyl (C=O) groups is 3. The number of carboxylic acids is 1. The van der Waals surface area contributed by atoms with Gasteiger partial charge in [0.2, 0.25) is 11.8 Å². The van der Waals surface area contributed by atoms with Gasteiger partial charge in [-0.3, -0.25) is 14.6 Å². The quantitative estimate of drug-likeness (QED) is 0.807. The number of nitrogens with one attached hydrogen (secondary N) is 1. The maximum Gasteiger partial charge on any atom is 0.339 e. The molecule has 2 aromatic rings. The Morgan fingerprint density at radius 3 is 2.88 bits per heavy atom. The molecule has 1 saturated heterocycles. The van der Waals surface area contributed by atoms with Gasteiger partial charge in [-0.05, 0) is 25.1 Å². The standard InChI is InChI=1S/C18H19N3O5/c1-11-15(18(24)25)7-14(26-11)8-20-17(23)12-6-16(22)21(9-12)10-13-4-2-3-5-19-13/h2-5,7,12H,6,8-10H2,1H3,(H,20,23)(H,24,25). The minimum Gasteiger partial charge on any atom is -0.478 e. The zero-order valence-corrected chi connectivity index (χ0v) is 14.3. The lowest BCUT2D eigenvalue weighted by atomic mass is 10.1. The largest absolute Gasteiger partial charge is 0.478 e. The van der Waals surface area contributed by atoms with Crippen molar-refractivity contribution in [1.29, 1.82) is 0 Å². The van der Waals surface area contributed by atoms with E-state index in [0.717, 1.165) is 5.69 Å². The van der Waals surface area contributed by atoms with Gasteiger partial charge in [0.15, 0.2) is 0 Å². The molecule has 0 radical (unpaired) electrons. The number of aryl methyl sites for hydroxylation is 1. The van der Waals surface area contributed by atoms with Crippen LogP contribution in [-0.2, 0) is 22.7 Å². The monoisotopic (exact) mass is 357 g/mol. The summed E-state index contributed by atoms with van der Waals surface area (Å²) in [5, 5.41) is 11.7. The van der Waals surface area contributed by atoms with Crippen LogP contribution in [0.1, 0.15) is 34.0 Å². The highest BCUT2D eigenvalue weighted by Gasteiger charge is 2.34. The van der Waals surface area contributed by atoms with Crippen molar-refractivity contribution in [3.63, 3.8) is 0 Å². The highest BCUT2D eigenvalue weighted by atomic mass is 16.4. The number of aromatic carboxylic acids is 1. The molecule has 2 aromatic heterocycles. The highest BCUT2D eigenvalue weighted by molar-refractivity contribution is 5.90. The summed E-state index contributed by atoms with van der Waals surface area (Å²) in [4.78, 5) is 41.3. The first kappa shape index (κ1) is 17.7. The first-order valence-electron chi connectivity index (χ1n) is 8.22. The molecule has 3 rings (SSSR count). The lowest BCUT2D eigenvalue weighted by molar-refractivity contribution is -0.129. The predicted octanol–water partition coefficient (Wildman–Crippen LogP) is 1.35. The van der Waals surface area contributed by atoms with E-state index in [2.05, 4.69) is 10.3 Å². The molecule has 0 bridgehead atoms. The predicted molar refractivity (Wildman–Crippen MR) is 90.0 cm³/mol. The second-order valence-corrected chi connectivity index (χ2v) is 6.20. The van der Waals surface area contributed by atoms with E-state index >= 15 is 0 Å². The number of rotatable bonds is 6. The molecule has 0 aliphatic carbocycles. The maximum atomic E-state index is 12.3. The average molecular weight is 357 g/mol. The smallest absolute Gasteiger partial charge is 0.339 e. The molecule has 1 unspecified atom stereocenters. The Morgan fingerprint density at radius 1 is 1.42 bits per heavy atom. The van der Waals surface area contributed by atoms with Crippen molar-refractivity contribution in [2.45, 2.75) is 26.4 Å². The Kier molecular flexibility index (Phi) is 5.01. The van der Waals surface area contributed by atoms with E-state index in [1.165, 1.54) is 6.07 Å². The van der Waals surface area contributed by atoms with Gasteiger partial charge in [0.25, 0.3) is 0 Å². The van der Waals surface area contributed by atoms with Crippen molar-refractivity contribution in [3.05, 3.63) is 53.2 Å². The van der Waals surface area contributed by atoms with E-state index in [1.807, 2.05) is 12.1 Å². The summed E-state index contributed by atoms with van der Waals surface area (Å²) in [5.74, 6) is -1.20. The Hall–Kier alpha value is -3.16. The van der Waals surface area contributed by atoms with Crippen molar-refractivity contribution in [2.24, 2.45) is 5.92 Å². The number of furan rings is 1. The van der Waals surface area contributed by atoms with Gasteiger partial charge < -0.3 is 19.7 Å². The number of nitrogens with zero attached hydrogens (tertiary/aromatic N) is 2. The van der Waals surface area contributed by atoms with Gasteiger partial charge in [0.1, 0.15) is 17.1 Å². The van der Waals surface area contributed by atoms with Crippen LogP contribution in [0.5, 0.6) is 0 Å². The Balaban J connectivity index is 1.55. The van der Waals surface area contributed by atoms with E-state index < -0.39 is 11.9 Å². The molecule has 1 aliphatic rings. The first-order valence-corrected chi connectivity index (χ1v) is 8.22. The summed E-state index contributed by atoms with van der Waals surface area (Å²) >= 11 is 0. The first-order chi connectivity index (χ1) is 12.4. The number of carbonyl (C=O) groups excluding carboxylic acids is 2. The second kappa shape index (κ2) is 7.38. The fourth-order valence-corrected chi connectivity index (χ4v) is 2.95. The van der Waals surface area contributed by atoms with Gasteiger partial charge in [-0.2, -0.15) is 0 Å². The molecule has 2 amide bonds. The number of pyridine rings is 1. The van der Waals surface area contributed by atoms with Crippen LogP contribution in [0.4, 0.5) is 0 Å². The van der Waals surface area contributed by atoms with Crippen molar-refractivity contribution < 1.29 is 23.9 Å². The molecule has 0 spiro atoms. The van der Waals surface area contributed by atoms with Crippen LogP contribution >= 0.6 is 0 Å². The van der Waals surface area contributed by atoms with Gasteiger partial charge in [-0.15, -0.1) is 0 Å². The van der Waals surface area contributed by atoms with Crippen LogP contribution in [0.25, 0.3) is 0 Å². The van der Waals surface area contributed by atoms with Crippen LogP contribution in [0.15, 0.2) is 34.9 Å². The number of amides is 2. The van der Waals surface area contributed by atoms with Crippen LogP contribution in [0.3, 0.4) is 0 Å². The molecule has 3 heterocycles. The molecule has 1 atom stereocenters. The molecular weight excluding hydrogens is 338 g/mol. The zero-order valence-electron chi connectivity index (χ0n) is 14.3. The SMILES string of the molecule is Cc1oc(CNC(=O)C2CC(=O)N(Cc3ccccn3)C2)cc1C(=O)O. The van der Waals surface area contributed by atoms with Gasteiger partial charge in [0, 0.05) is 19.2 Å². The van der Waals surface area contributed by atoms with Gasteiger partial charge in [-0.1, -0.05) is 6.07 Å². The third-order valence-corrected chi connectivity index (χ3v) is 4.30. The van der Waals surface area contributed by atoms with Crippen molar-refractivity contribution in [1.82, 2.24) is 15.2 Å². The molecule has 8 heteroatoms. The normalized spacial score (nSPS) is 16.7. The second-order valence-electron chi connectivity index (χ2n) is 6.20. The summed E-state index contributed by atoms with van der Waals surface area (Å²) in [6.45, 7) is 2.35. The molecule has 1 fully saturated rings. The molecule has 1 aliphatic heterocycles. The molecule has 2 N–H and O–H groups in total. The van der Waals surface area contributed by atoms with Crippen LogP contribution in [0, 0.1) is 12.8 Å². The van der Waals surface area contributed by atoms with Crippen LogP contribution < -0.4 is 5.32 Å². The van der Waals surface area contributed by atoms with E-state index in [1.54, 1.807) is 24.1 Å². The third-order valence-electron chi connectivity index (χ3n) is 4.30. The topological polar surface area (TPSA) is 113 Å². The molecule has 8 nitrogen and oxygen atoms in total. The lowest BCUT2D eigenvalue weighted by Crippen LogP contribution is -2.32. The van der Waals surface area contributed by atoms with Crippen LogP contribution in [-0.4, -0.2) is 39.3 Å².